The lowest BCUT2D eigenvalue weighted by Gasteiger charge is -2.24. The van der Waals surface area contributed by atoms with Crippen molar-refractivity contribution in [2.24, 2.45) is 10.7 Å². The van der Waals surface area contributed by atoms with Gasteiger partial charge in [0.05, 0.1) is 11.3 Å². The van der Waals surface area contributed by atoms with Crippen molar-refractivity contribution in [3.05, 3.63) is 53.7 Å². The monoisotopic (exact) mass is 443 g/mol. The molecule has 0 saturated heterocycles. The number of aliphatic imine (C=N–C) groups is 1. The summed E-state index contributed by atoms with van der Waals surface area (Å²) in [4.78, 5) is 16.5. The molecule has 12 heteroatoms. The second-order valence-corrected chi connectivity index (χ2v) is 9.03. The molecular formula is C19H15F2N7O2S. The van der Waals surface area contributed by atoms with Gasteiger partial charge in [0.25, 0.3) is 0 Å². The van der Waals surface area contributed by atoms with E-state index in [1.165, 1.54) is 18.5 Å². The number of alkyl halides is 1. The number of sulfone groups is 1. The quantitative estimate of drug-likeness (QED) is 0.622. The molecule has 0 aliphatic carbocycles. The first-order chi connectivity index (χ1) is 14.8. The van der Waals surface area contributed by atoms with Crippen molar-refractivity contribution in [3.8, 4) is 6.07 Å². The number of aromatic nitrogens is 3. The second-order valence-electron chi connectivity index (χ2n) is 6.80. The zero-order valence-corrected chi connectivity index (χ0v) is 16.6. The molecule has 1 aliphatic rings. The molecule has 1 aliphatic heterocycles. The second kappa shape index (κ2) is 7.84. The maximum Gasteiger partial charge on any atom is 0.165 e. The molecule has 9 nitrogen and oxygen atoms in total. The van der Waals surface area contributed by atoms with E-state index < -0.39 is 45.2 Å². The normalized spacial score (nSPS) is 20.1. The van der Waals surface area contributed by atoms with Gasteiger partial charge in [-0.2, -0.15) is 5.26 Å². The van der Waals surface area contributed by atoms with E-state index in [-0.39, 0.29) is 11.5 Å². The number of pyridine rings is 3. The summed E-state index contributed by atoms with van der Waals surface area (Å²) in [5.74, 6) is -1.32. The molecule has 3 N–H and O–H groups in total. The first kappa shape index (κ1) is 20.5. The van der Waals surface area contributed by atoms with Crippen molar-refractivity contribution in [3.63, 3.8) is 0 Å². The fourth-order valence-electron chi connectivity index (χ4n) is 3.23. The molecular weight excluding hydrogens is 428 g/mol. The van der Waals surface area contributed by atoms with Gasteiger partial charge in [-0.1, -0.05) is 0 Å². The van der Waals surface area contributed by atoms with Crippen LogP contribution in [0.5, 0.6) is 0 Å². The maximum absolute atomic E-state index is 14.5. The van der Waals surface area contributed by atoms with Crippen molar-refractivity contribution in [2.75, 3.05) is 17.7 Å². The number of nitriles is 1. The van der Waals surface area contributed by atoms with Gasteiger partial charge < -0.3 is 11.1 Å². The molecule has 0 fully saturated rings. The van der Waals surface area contributed by atoms with Gasteiger partial charge in [-0.05, 0) is 24.3 Å². The third-order valence-corrected chi connectivity index (χ3v) is 6.78. The first-order valence-corrected chi connectivity index (χ1v) is 10.7. The molecule has 1 unspecified atom stereocenters. The molecule has 31 heavy (non-hydrogen) atoms. The smallest absolute Gasteiger partial charge is 0.165 e. The van der Waals surface area contributed by atoms with Crippen LogP contribution in [0.4, 0.5) is 20.4 Å². The van der Waals surface area contributed by atoms with Crippen LogP contribution in [0.2, 0.25) is 0 Å². The van der Waals surface area contributed by atoms with Crippen molar-refractivity contribution in [1.29, 1.82) is 5.26 Å². The molecule has 3 aromatic rings. The summed E-state index contributed by atoms with van der Waals surface area (Å²) in [6.45, 7) is -1.20. The van der Waals surface area contributed by atoms with E-state index in [1.54, 1.807) is 12.1 Å². The van der Waals surface area contributed by atoms with E-state index in [1.807, 2.05) is 6.07 Å². The highest BCUT2D eigenvalue weighted by Crippen LogP contribution is 2.29. The number of halogens is 2. The Labute approximate surface area is 175 Å². The fourth-order valence-corrected chi connectivity index (χ4v) is 4.76. The molecule has 158 valence electrons. The number of hydrogen-bond acceptors (Lipinski definition) is 9. The molecule has 4 rings (SSSR count). The molecule has 3 aromatic heterocycles. The van der Waals surface area contributed by atoms with Crippen LogP contribution in [0.15, 0.2) is 41.7 Å². The molecule has 4 heterocycles. The minimum atomic E-state index is -3.95. The Kier molecular flexibility index (Phi) is 5.20. The van der Waals surface area contributed by atoms with Crippen LogP contribution in [-0.2, 0) is 9.84 Å². The Morgan fingerprint density at radius 1 is 1.29 bits per heavy atom. The molecule has 0 spiro atoms. The fraction of sp³-hybridized carbons (Fsp3) is 0.211. The van der Waals surface area contributed by atoms with Crippen LogP contribution in [0, 0.1) is 17.1 Å². The lowest BCUT2D eigenvalue weighted by atomic mass is 10.2. The van der Waals surface area contributed by atoms with Crippen molar-refractivity contribution < 1.29 is 17.2 Å². The van der Waals surface area contributed by atoms with Gasteiger partial charge in [0.2, 0.25) is 0 Å². The standard InChI is InChI=1S/C19H15F2N7O2S/c20-6-14-18(23)26-13(9-31(14,29)30)17-12(21)1-2-15(27-17)28-19-16-11(3-4-24-19)5-10(7-22)8-25-16/h1-5,8,13-14H,6,9H2,(H2,23,26)(H,24,27,28)/t13?,14-/m0/s1. The van der Waals surface area contributed by atoms with Gasteiger partial charge in [-0.25, -0.2) is 27.2 Å². The van der Waals surface area contributed by atoms with E-state index in [2.05, 4.69) is 25.3 Å². The number of nitrogens with one attached hydrogen (secondary N) is 1. The summed E-state index contributed by atoms with van der Waals surface area (Å²) in [6, 6.07) is 6.58. The van der Waals surface area contributed by atoms with Gasteiger partial charge in [0.1, 0.15) is 52.7 Å². The lowest BCUT2D eigenvalue weighted by molar-refractivity contribution is 0.488. The van der Waals surface area contributed by atoms with Crippen molar-refractivity contribution in [2.45, 2.75) is 11.3 Å². The van der Waals surface area contributed by atoms with Crippen LogP contribution in [0.25, 0.3) is 10.9 Å². The number of amidine groups is 1. The van der Waals surface area contributed by atoms with E-state index in [0.29, 0.717) is 22.3 Å². The first-order valence-electron chi connectivity index (χ1n) is 9.01. The zero-order chi connectivity index (χ0) is 22.2. The largest absolute Gasteiger partial charge is 0.386 e. The predicted octanol–water partition coefficient (Wildman–Crippen LogP) is 1.94. The molecule has 0 amide bonds. The molecule has 0 bridgehead atoms. The van der Waals surface area contributed by atoms with Gasteiger partial charge in [-0.3, -0.25) is 9.98 Å². The number of nitrogens with zero attached hydrogens (tertiary/aromatic N) is 5. The zero-order valence-electron chi connectivity index (χ0n) is 15.8. The Hall–Kier alpha value is -3.72. The van der Waals surface area contributed by atoms with Crippen molar-refractivity contribution in [1.82, 2.24) is 15.0 Å². The lowest BCUT2D eigenvalue weighted by Crippen LogP contribution is -2.44. The number of hydrogen-bond donors (Lipinski definition) is 2. The van der Waals surface area contributed by atoms with Crippen LogP contribution in [-0.4, -0.2) is 46.9 Å². The topological polar surface area (TPSA) is 147 Å². The van der Waals surface area contributed by atoms with Crippen LogP contribution in [0.1, 0.15) is 17.3 Å². The summed E-state index contributed by atoms with van der Waals surface area (Å²) in [5.41, 5.74) is 6.21. The van der Waals surface area contributed by atoms with Gasteiger partial charge in [0.15, 0.2) is 15.7 Å². The van der Waals surface area contributed by atoms with Gasteiger partial charge in [0, 0.05) is 17.8 Å². The minimum Gasteiger partial charge on any atom is -0.386 e. The summed E-state index contributed by atoms with van der Waals surface area (Å²) < 4.78 is 52.1. The summed E-state index contributed by atoms with van der Waals surface area (Å²) in [5, 5.41) is 11.1. The molecule has 2 atom stereocenters. The molecule has 0 saturated carbocycles. The van der Waals surface area contributed by atoms with E-state index in [9.17, 15) is 17.2 Å². The highest BCUT2D eigenvalue weighted by molar-refractivity contribution is 7.92. The Morgan fingerprint density at radius 2 is 2.10 bits per heavy atom. The number of fused-ring (bicyclic) bond motifs is 1. The summed E-state index contributed by atoms with van der Waals surface area (Å²) in [6.07, 6.45) is 2.90. The Balaban J connectivity index is 1.71. The maximum atomic E-state index is 14.5. The SMILES string of the molecule is N#Cc1cnc2c(Nc3ccc(F)c(C4CS(=O)(=O)[C@@H](CF)C(N)=N4)n3)nccc2c1. The highest BCUT2D eigenvalue weighted by Gasteiger charge is 2.38. The Morgan fingerprint density at radius 3 is 2.81 bits per heavy atom. The number of rotatable bonds is 4. The Bertz CT molecular complexity index is 1360. The van der Waals surface area contributed by atoms with E-state index >= 15 is 0 Å². The highest BCUT2D eigenvalue weighted by atomic mass is 32.2. The van der Waals surface area contributed by atoms with Crippen LogP contribution in [0.3, 0.4) is 0 Å². The third kappa shape index (κ3) is 3.87. The summed E-state index contributed by atoms with van der Waals surface area (Å²) in [7, 11) is -3.95. The number of anilines is 2. The van der Waals surface area contributed by atoms with E-state index in [4.69, 9.17) is 11.0 Å². The average molecular weight is 443 g/mol. The summed E-state index contributed by atoms with van der Waals surface area (Å²) >= 11 is 0. The van der Waals surface area contributed by atoms with E-state index in [0.717, 1.165) is 6.07 Å². The van der Waals surface area contributed by atoms with Crippen LogP contribution >= 0.6 is 0 Å². The van der Waals surface area contributed by atoms with Crippen LogP contribution < -0.4 is 11.1 Å². The minimum absolute atomic E-state index is 0.168. The van der Waals surface area contributed by atoms with Gasteiger partial charge >= 0.3 is 0 Å². The predicted molar refractivity (Wildman–Crippen MR) is 110 cm³/mol. The van der Waals surface area contributed by atoms with Crippen molar-refractivity contribution >= 4 is 38.2 Å². The van der Waals surface area contributed by atoms with Gasteiger partial charge in [-0.15, -0.1) is 0 Å². The average Bonchev–Trinajstić information content (AvgIpc) is 2.74. The number of nitrogens with two attached hydrogens (primary N) is 1. The molecule has 0 aromatic carbocycles. The molecule has 0 radical (unpaired) electrons. The third-order valence-electron chi connectivity index (χ3n) is 4.76.